The standard InChI is InChI=1S/C14H23N/c1-2-4-11(15-7-3-1)14-12-9-5-6-10(8-9)13(12)14/h9-15H,1-8H2. The van der Waals surface area contributed by atoms with Crippen molar-refractivity contribution in [1.82, 2.24) is 5.32 Å². The average Bonchev–Trinajstić information content (AvgIpc) is 2.82. The summed E-state index contributed by atoms with van der Waals surface area (Å²) in [4.78, 5) is 0. The molecule has 15 heavy (non-hydrogen) atoms. The van der Waals surface area contributed by atoms with Gasteiger partial charge in [0.1, 0.15) is 0 Å². The van der Waals surface area contributed by atoms with Gasteiger partial charge in [0.15, 0.2) is 0 Å². The minimum atomic E-state index is 0.922. The second-order valence-electron chi connectivity index (χ2n) is 6.48. The maximum atomic E-state index is 3.84. The van der Waals surface area contributed by atoms with Gasteiger partial charge in [0.05, 0.1) is 0 Å². The van der Waals surface area contributed by atoms with Crippen LogP contribution in [0, 0.1) is 29.6 Å². The Labute approximate surface area is 93.0 Å². The Morgan fingerprint density at radius 1 is 0.733 bits per heavy atom. The molecule has 3 aliphatic carbocycles. The molecule has 0 aromatic rings. The summed E-state index contributed by atoms with van der Waals surface area (Å²) in [6, 6.07) is 0.922. The first kappa shape index (κ1) is 9.04. The van der Waals surface area contributed by atoms with Gasteiger partial charge in [-0.2, -0.15) is 0 Å². The summed E-state index contributed by atoms with van der Waals surface area (Å²) in [5.74, 6) is 5.80. The predicted octanol–water partition coefficient (Wildman–Crippen LogP) is 2.81. The van der Waals surface area contributed by atoms with Crippen LogP contribution in [-0.2, 0) is 0 Å². The van der Waals surface area contributed by atoms with Gasteiger partial charge in [-0.15, -0.1) is 0 Å². The first-order chi connectivity index (χ1) is 7.45. The number of hydrogen-bond donors (Lipinski definition) is 1. The molecule has 4 rings (SSSR count). The molecule has 84 valence electrons. The van der Waals surface area contributed by atoms with Crippen LogP contribution in [-0.4, -0.2) is 12.6 Å². The van der Waals surface area contributed by atoms with Crippen molar-refractivity contribution in [2.75, 3.05) is 6.54 Å². The van der Waals surface area contributed by atoms with Crippen molar-refractivity contribution in [2.24, 2.45) is 29.6 Å². The topological polar surface area (TPSA) is 12.0 Å². The van der Waals surface area contributed by atoms with Crippen LogP contribution >= 0.6 is 0 Å². The fourth-order valence-electron chi connectivity index (χ4n) is 5.31. The first-order valence-corrected chi connectivity index (χ1v) is 7.18. The molecule has 0 radical (unpaired) electrons. The third-order valence-corrected chi connectivity index (χ3v) is 5.86. The van der Waals surface area contributed by atoms with Gasteiger partial charge >= 0.3 is 0 Å². The van der Waals surface area contributed by atoms with Crippen LogP contribution in [0.15, 0.2) is 0 Å². The van der Waals surface area contributed by atoms with Crippen LogP contribution in [0.5, 0.6) is 0 Å². The second kappa shape index (κ2) is 3.23. The van der Waals surface area contributed by atoms with E-state index >= 15 is 0 Å². The molecule has 4 aliphatic rings. The van der Waals surface area contributed by atoms with Gasteiger partial charge in [0, 0.05) is 6.04 Å². The summed E-state index contributed by atoms with van der Waals surface area (Å²) < 4.78 is 0. The molecule has 3 saturated carbocycles. The molecule has 5 atom stereocenters. The fourth-order valence-corrected chi connectivity index (χ4v) is 5.31. The molecule has 1 N–H and O–H groups in total. The molecule has 0 spiro atoms. The Hall–Kier alpha value is -0.0400. The van der Waals surface area contributed by atoms with Crippen molar-refractivity contribution in [1.29, 1.82) is 0 Å². The van der Waals surface area contributed by atoms with Gasteiger partial charge in [0.25, 0.3) is 0 Å². The second-order valence-corrected chi connectivity index (χ2v) is 6.48. The van der Waals surface area contributed by atoms with Crippen molar-refractivity contribution in [2.45, 2.75) is 51.0 Å². The van der Waals surface area contributed by atoms with Gasteiger partial charge in [0.2, 0.25) is 0 Å². The summed E-state index contributed by atoms with van der Waals surface area (Å²) in [5.41, 5.74) is 0. The van der Waals surface area contributed by atoms with Crippen LogP contribution in [0.1, 0.15) is 44.9 Å². The fraction of sp³-hybridized carbons (Fsp3) is 1.00. The zero-order valence-corrected chi connectivity index (χ0v) is 9.62. The van der Waals surface area contributed by atoms with E-state index in [1.165, 1.54) is 44.1 Å². The molecule has 1 aliphatic heterocycles. The lowest BCUT2D eigenvalue weighted by molar-refractivity contribution is 0.359. The third kappa shape index (κ3) is 1.25. The van der Waals surface area contributed by atoms with Crippen LogP contribution in [0.25, 0.3) is 0 Å². The highest BCUT2D eigenvalue weighted by Gasteiger charge is 2.66. The lowest BCUT2D eigenvalue weighted by Gasteiger charge is -2.19. The van der Waals surface area contributed by atoms with Crippen LogP contribution in [0.3, 0.4) is 0 Å². The Bertz CT molecular complexity index is 238. The minimum Gasteiger partial charge on any atom is -0.314 e. The molecule has 1 heterocycles. The van der Waals surface area contributed by atoms with E-state index in [1.54, 1.807) is 19.3 Å². The minimum absolute atomic E-state index is 0.922. The van der Waals surface area contributed by atoms with Gasteiger partial charge in [-0.1, -0.05) is 12.8 Å². The van der Waals surface area contributed by atoms with Crippen molar-refractivity contribution >= 4 is 0 Å². The van der Waals surface area contributed by atoms with E-state index in [0.717, 1.165) is 23.8 Å². The van der Waals surface area contributed by atoms with E-state index in [1.807, 2.05) is 0 Å². The lowest BCUT2D eigenvalue weighted by Crippen LogP contribution is -2.32. The number of rotatable bonds is 1. The van der Waals surface area contributed by atoms with Gasteiger partial charge in [-0.3, -0.25) is 0 Å². The Kier molecular flexibility index (Phi) is 1.94. The molecule has 2 bridgehead atoms. The molecule has 0 aromatic heterocycles. The van der Waals surface area contributed by atoms with Crippen molar-refractivity contribution in [3.05, 3.63) is 0 Å². The molecule has 5 unspecified atom stereocenters. The van der Waals surface area contributed by atoms with Crippen LogP contribution in [0.2, 0.25) is 0 Å². The number of fused-ring (bicyclic) bond motifs is 5. The van der Waals surface area contributed by atoms with E-state index in [0.29, 0.717) is 0 Å². The van der Waals surface area contributed by atoms with E-state index in [2.05, 4.69) is 5.32 Å². The average molecular weight is 205 g/mol. The van der Waals surface area contributed by atoms with E-state index < -0.39 is 0 Å². The Morgan fingerprint density at radius 2 is 1.53 bits per heavy atom. The Balaban J connectivity index is 1.47. The van der Waals surface area contributed by atoms with Crippen molar-refractivity contribution in [3.63, 3.8) is 0 Å². The Morgan fingerprint density at radius 3 is 2.33 bits per heavy atom. The quantitative estimate of drug-likeness (QED) is 0.694. The third-order valence-electron chi connectivity index (χ3n) is 5.86. The molecular weight excluding hydrogens is 182 g/mol. The summed E-state index contributed by atoms with van der Waals surface area (Å²) in [7, 11) is 0. The summed E-state index contributed by atoms with van der Waals surface area (Å²) in [6.45, 7) is 1.30. The molecule has 4 fully saturated rings. The highest BCUT2D eigenvalue weighted by Crippen LogP contribution is 2.70. The zero-order chi connectivity index (χ0) is 9.83. The number of hydrogen-bond acceptors (Lipinski definition) is 1. The van der Waals surface area contributed by atoms with Gasteiger partial charge < -0.3 is 5.32 Å². The van der Waals surface area contributed by atoms with Gasteiger partial charge in [-0.05, 0) is 68.2 Å². The zero-order valence-electron chi connectivity index (χ0n) is 9.62. The summed E-state index contributed by atoms with van der Waals surface area (Å²) in [6.07, 6.45) is 10.6. The molecule has 1 nitrogen and oxygen atoms in total. The number of nitrogens with one attached hydrogen (secondary N) is 1. The molecule has 0 aromatic carbocycles. The highest BCUT2D eigenvalue weighted by atomic mass is 15.0. The van der Waals surface area contributed by atoms with E-state index in [4.69, 9.17) is 0 Å². The molecular formula is C14H23N. The van der Waals surface area contributed by atoms with Gasteiger partial charge in [-0.25, -0.2) is 0 Å². The summed E-state index contributed by atoms with van der Waals surface area (Å²) >= 11 is 0. The maximum absolute atomic E-state index is 3.84. The first-order valence-electron chi connectivity index (χ1n) is 7.18. The van der Waals surface area contributed by atoms with E-state index in [-0.39, 0.29) is 0 Å². The predicted molar refractivity (Wildman–Crippen MR) is 61.6 cm³/mol. The van der Waals surface area contributed by atoms with Crippen LogP contribution in [0.4, 0.5) is 0 Å². The van der Waals surface area contributed by atoms with E-state index in [9.17, 15) is 0 Å². The maximum Gasteiger partial charge on any atom is 0.0101 e. The monoisotopic (exact) mass is 205 g/mol. The lowest BCUT2D eigenvalue weighted by atomic mass is 9.95. The smallest absolute Gasteiger partial charge is 0.0101 e. The summed E-state index contributed by atoms with van der Waals surface area (Å²) in [5, 5.41) is 3.84. The molecule has 1 saturated heterocycles. The van der Waals surface area contributed by atoms with Crippen molar-refractivity contribution in [3.8, 4) is 0 Å². The van der Waals surface area contributed by atoms with Crippen LogP contribution < -0.4 is 5.32 Å². The highest BCUT2D eigenvalue weighted by molar-refractivity contribution is 5.15. The normalized spacial score (nSPS) is 57.6. The SMILES string of the molecule is C1CCNC(C2C3C4CCC(C4)C32)CC1. The molecule has 1 heteroatoms. The largest absolute Gasteiger partial charge is 0.314 e. The van der Waals surface area contributed by atoms with Crippen molar-refractivity contribution < 1.29 is 0 Å². The molecule has 0 amide bonds.